The van der Waals surface area contributed by atoms with Gasteiger partial charge < -0.3 is 5.11 Å². The van der Waals surface area contributed by atoms with E-state index in [-0.39, 0.29) is 0 Å². The molecule has 0 bridgehead atoms. The van der Waals surface area contributed by atoms with Crippen molar-refractivity contribution >= 4 is 11.6 Å². The first kappa shape index (κ1) is 14.4. The van der Waals surface area contributed by atoms with E-state index >= 15 is 0 Å². The van der Waals surface area contributed by atoms with Gasteiger partial charge >= 0.3 is 0 Å². The van der Waals surface area contributed by atoms with Gasteiger partial charge in [0.25, 0.3) is 0 Å². The Kier molecular flexibility index (Phi) is 4.50. The third kappa shape index (κ3) is 2.94. The van der Waals surface area contributed by atoms with E-state index in [1.807, 2.05) is 12.1 Å². The highest BCUT2D eigenvalue weighted by Gasteiger charge is 2.42. The minimum absolute atomic E-state index is 0.604. The van der Waals surface area contributed by atoms with E-state index in [2.05, 4.69) is 13.0 Å². The van der Waals surface area contributed by atoms with Crippen molar-refractivity contribution in [2.75, 3.05) is 0 Å². The molecule has 1 aromatic carbocycles. The van der Waals surface area contributed by atoms with Crippen molar-refractivity contribution in [3.63, 3.8) is 0 Å². The summed E-state index contributed by atoms with van der Waals surface area (Å²) in [7, 11) is 0. The molecule has 0 aliphatic heterocycles. The molecular weight excluding hydrogens is 258 g/mol. The number of hydrogen-bond donors (Lipinski definition) is 1. The van der Waals surface area contributed by atoms with Gasteiger partial charge in [0.2, 0.25) is 0 Å². The van der Waals surface area contributed by atoms with Gasteiger partial charge in [0, 0.05) is 5.02 Å². The van der Waals surface area contributed by atoms with Crippen LogP contribution in [0, 0.1) is 22.7 Å². The lowest BCUT2D eigenvalue weighted by Crippen LogP contribution is -2.32. The van der Waals surface area contributed by atoms with E-state index in [1.165, 1.54) is 0 Å². The number of aliphatic hydroxyl groups excluding tert-OH is 1. The number of rotatable bonds is 3. The van der Waals surface area contributed by atoms with Crippen molar-refractivity contribution < 1.29 is 5.11 Å². The second-order valence-electron chi connectivity index (χ2n) is 5.58. The zero-order valence-electron chi connectivity index (χ0n) is 11.3. The molecule has 0 radical (unpaired) electrons. The molecule has 1 aliphatic carbocycles. The number of nitriles is 1. The number of nitrogens with zero attached hydrogens (tertiary/aromatic N) is 1. The number of benzene rings is 1. The van der Waals surface area contributed by atoms with Gasteiger partial charge in [-0.05, 0) is 49.3 Å². The monoisotopic (exact) mass is 277 g/mol. The molecule has 0 amide bonds. The molecule has 3 heteroatoms. The lowest BCUT2D eigenvalue weighted by Gasteiger charge is -2.38. The smallest absolute Gasteiger partial charge is 0.0976 e. The fraction of sp³-hybridized carbons (Fsp3) is 0.562. The lowest BCUT2D eigenvalue weighted by molar-refractivity contribution is 0.0243. The number of halogens is 1. The zero-order valence-corrected chi connectivity index (χ0v) is 12.0. The summed E-state index contributed by atoms with van der Waals surface area (Å²) in [5.74, 6) is 0.702. The van der Waals surface area contributed by atoms with Crippen molar-refractivity contribution in [3.8, 4) is 6.07 Å². The Labute approximate surface area is 120 Å². The molecule has 0 spiro atoms. The first-order chi connectivity index (χ1) is 9.11. The van der Waals surface area contributed by atoms with Crippen LogP contribution in [0.2, 0.25) is 5.02 Å². The molecule has 1 aromatic rings. The molecule has 1 saturated carbocycles. The molecular formula is C16H20ClNO. The standard InChI is InChI=1S/C16H20ClNO/c1-2-12-6-8-16(11-18,9-7-12)15(19)13-4-3-5-14(17)10-13/h3-5,10,12,15,19H,2,6-9H2,1H3. The van der Waals surface area contributed by atoms with E-state index in [9.17, 15) is 10.4 Å². The maximum atomic E-state index is 10.6. The number of hydrogen-bond acceptors (Lipinski definition) is 2. The normalized spacial score (nSPS) is 28.6. The molecule has 102 valence electrons. The maximum Gasteiger partial charge on any atom is 0.0976 e. The summed E-state index contributed by atoms with van der Waals surface area (Å²) in [6.07, 6.45) is 4.03. The maximum absolute atomic E-state index is 10.6. The third-order valence-corrected chi connectivity index (χ3v) is 4.72. The minimum Gasteiger partial charge on any atom is -0.387 e. The topological polar surface area (TPSA) is 44.0 Å². The molecule has 0 saturated heterocycles. The van der Waals surface area contributed by atoms with Gasteiger partial charge in [0.15, 0.2) is 0 Å². The van der Waals surface area contributed by atoms with Crippen LogP contribution < -0.4 is 0 Å². The average molecular weight is 278 g/mol. The van der Waals surface area contributed by atoms with E-state index in [0.717, 1.165) is 37.7 Å². The quantitative estimate of drug-likeness (QED) is 0.885. The van der Waals surface area contributed by atoms with Crippen LogP contribution >= 0.6 is 11.6 Å². The molecule has 0 aromatic heterocycles. The fourth-order valence-electron chi connectivity index (χ4n) is 3.04. The first-order valence-electron chi connectivity index (χ1n) is 6.96. The van der Waals surface area contributed by atoms with Crippen molar-refractivity contribution in [1.82, 2.24) is 0 Å². The van der Waals surface area contributed by atoms with Crippen molar-refractivity contribution in [2.45, 2.75) is 45.1 Å². The van der Waals surface area contributed by atoms with E-state index in [1.54, 1.807) is 12.1 Å². The van der Waals surface area contributed by atoms with Crippen LogP contribution in [0.5, 0.6) is 0 Å². The SMILES string of the molecule is CCC1CCC(C#N)(C(O)c2cccc(Cl)c2)CC1. The van der Waals surface area contributed by atoms with E-state index in [4.69, 9.17) is 11.6 Å². The Morgan fingerprint density at radius 2 is 2.16 bits per heavy atom. The highest BCUT2D eigenvalue weighted by molar-refractivity contribution is 6.30. The third-order valence-electron chi connectivity index (χ3n) is 4.49. The van der Waals surface area contributed by atoms with Gasteiger partial charge in [-0.25, -0.2) is 0 Å². The summed E-state index contributed by atoms with van der Waals surface area (Å²) < 4.78 is 0. The predicted octanol–water partition coefficient (Wildman–Crippen LogP) is 4.48. The van der Waals surface area contributed by atoms with Gasteiger partial charge in [-0.1, -0.05) is 37.1 Å². The molecule has 1 N–H and O–H groups in total. The Morgan fingerprint density at radius 3 is 2.68 bits per heavy atom. The Bertz CT molecular complexity index is 472. The molecule has 2 nitrogen and oxygen atoms in total. The van der Waals surface area contributed by atoms with Gasteiger partial charge in [-0.2, -0.15) is 5.26 Å². The summed E-state index contributed by atoms with van der Waals surface area (Å²) in [5.41, 5.74) is 0.111. The van der Waals surface area contributed by atoms with Gasteiger partial charge in [0.05, 0.1) is 17.6 Å². The molecule has 19 heavy (non-hydrogen) atoms. The van der Waals surface area contributed by atoms with Crippen molar-refractivity contribution in [2.24, 2.45) is 11.3 Å². The summed E-state index contributed by atoms with van der Waals surface area (Å²) in [6.45, 7) is 2.19. The zero-order chi connectivity index (χ0) is 13.9. The van der Waals surface area contributed by atoms with Crippen LogP contribution in [0.4, 0.5) is 0 Å². The van der Waals surface area contributed by atoms with Crippen LogP contribution in [0.25, 0.3) is 0 Å². The van der Waals surface area contributed by atoms with Crippen LogP contribution in [0.15, 0.2) is 24.3 Å². The summed E-state index contributed by atoms with van der Waals surface area (Å²) >= 11 is 5.97. The molecule has 1 atom stereocenters. The van der Waals surface area contributed by atoms with Gasteiger partial charge in [0.1, 0.15) is 0 Å². The lowest BCUT2D eigenvalue weighted by atomic mass is 9.66. The van der Waals surface area contributed by atoms with Gasteiger partial charge in [-0.15, -0.1) is 0 Å². The Hall–Kier alpha value is -1.04. The molecule has 0 heterocycles. The van der Waals surface area contributed by atoms with Crippen LogP contribution in [-0.4, -0.2) is 5.11 Å². The largest absolute Gasteiger partial charge is 0.387 e. The molecule has 1 fully saturated rings. The molecule has 1 unspecified atom stereocenters. The number of aliphatic hydroxyl groups is 1. The van der Waals surface area contributed by atoms with Crippen molar-refractivity contribution in [3.05, 3.63) is 34.9 Å². The van der Waals surface area contributed by atoms with Crippen LogP contribution in [-0.2, 0) is 0 Å². The van der Waals surface area contributed by atoms with Crippen LogP contribution in [0.1, 0.15) is 50.7 Å². The van der Waals surface area contributed by atoms with Gasteiger partial charge in [-0.3, -0.25) is 0 Å². The summed E-state index contributed by atoms with van der Waals surface area (Å²) in [5, 5.41) is 20.8. The van der Waals surface area contributed by atoms with Crippen LogP contribution in [0.3, 0.4) is 0 Å². The summed E-state index contributed by atoms with van der Waals surface area (Å²) in [6, 6.07) is 9.60. The van der Waals surface area contributed by atoms with Crippen molar-refractivity contribution in [1.29, 1.82) is 5.26 Å². The second-order valence-corrected chi connectivity index (χ2v) is 6.01. The highest BCUT2D eigenvalue weighted by atomic mass is 35.5. The minimum atomic E-state index is -0.742. The Morgan fingerprint density at radius 1 is 1.47 bits per heavy atom. The molecule has 1 aliphatic rings. The average Bonchev–Trinajstić information content (AvgIpc) is 2.46. The van der Waals surface area contributed by atoms with E-state index < -0.39 is 11.5 Å². The predicted molar refractivity (Wildman–Crippen MR) is 76.7 cm³/mol. The fourth-order valence-corrected chi connectivity index (χ4v) is 3.24. The Balaban J connectivity index is 2.21. The highest BCUT2D eigenvalue weighted by Crippen LogP contribution is 2.47. The summed E-state index contributed by atoms with van der Waals surface area (Å²) in [4.78, 5) is 0. The van der Waals surface area contributed by atoms with E-state index in [0.29, 0.717) is 10.9 Å². The second kappa shape index (κ2) is 5.94. The molecule has 2 rings (SSSR count). The first-order valence-corrected chi connectivity index (χ1v) is 7.34.